The third kappa shape index (κ3) is 8.12. The molecule has 1 amide bonds. The van der Waals surface area contributed by atoms with Crippen molar-refractivity contribution in [1.29, 1.82) is 0 Å². The maximum absolute atomic E-state index is 12.1. The van der Waals surface area contributed by atoms with Gasteiger partial charge >= 0.3 is 0 Å². The Balaban J connectivity index is 4.12. The molecule has 0 bridgehead atoms. The summed E-state index contributed by atoms with van der Waals surface area (Å²) in [6.45, 7) is 9.55. The Morgan fingerprint density at radius 2 is 1.78 bits per heavy atom. The van der Waals surface area contributed by atoms with Crippen LogP contribution in [0.2, 0.25) is 0 Å². The molecule has 0 saturated heterocycles. The minimum absolute atomic E-state index is 0.201. The van der Waals surface area contributed by atoms with Crippen molar-refractivity contribution in [2.45, 2.75) is 66.2 Å². The maximum Gasteiger partial charge on any atom is 0.223 e. The van der Waals surface area contributed by atoms with Gasteiger partial charge in [0, 0.05) is 17.8 Å². The van der Waals surface area contributed by atoms with Crippen LogP contribution in [0.3, 0.4) is 0 Å². The van der Waals surface area contributed by atoms with E-state index in [0.29, 0.717) is 0 Å². The smallest absolute Gasteiger partial charge is 0.223 e. The highest BCUT2D eigenvalue weighted by molar-refractivity contribution is 9.09. The Morgan fingerprint density at radius 1 is 1.22 bits per heavy atom. The molecule has 2 nitrogen and oxygen atoms in total. The summed E-state index contributed by atoms with van der Waals surface area (Å²) in [5, 5.41) is 4.19. The molecule has 0 spiro atoms. The largest absolute Gasteiger partial charge is 0.355 e. The Morgan fingerprint density at radius 3 is 2.22 bits per heavy atom. The predicted octanol–water partition coefficient (Wildman–Crippen LogP) is 4.52. The van der Waals surface area contributed by atoms with Crippen LogP contribution in [0.1, 0.15) is 66.2 Å². The van der Waals surface area contributed by atoms with Gasteiger partial charge in [0.1, 0.15) is 0 Å². The Kier molecular flexibility index (Phi) is 9.80. The Hall–Kier alpha value is -0.0500. The molecule has 0 aromatic heterocycles. The summed E-state index contributed by atoms with van der Waals surface area (Å²) in [4.78, 5) is 12.1. The normalized spacial score (nSPS) is 11.9. The third-order valence-electron chi connectivity index (χ3n) is 3.37. The number of carbonyl (C=O) groups excluding carboxylic acids is 1. The van der Waals surface area contributed by atoms with Gasteiger partial charge in [0.2, 0.25) is 5.91 Å². The molecule has 18 heavy (non-hydrogen) atoms. The SMILES string of the molecule is CCCC(CCC)C(=O)NCC(C)(C)CCCBr. The molecule has 0 aromatic rings. The number of amides is 1. The molecule has 1 N–H and O–H groups in total. The van der Waals surface area contributed by atoms with Crippen LogP contribution < -0.4 is 5.32 Å². The van der Waals surface area contributed by atoms with E-state index in [1.54, 1.807) is 0 Å². The molecular weight excluding hydrogens is 290 g/mol. The lowest BCUT2D eigenvalue weighted by Crippen LogP contribution is -2.37. The van der Waals surface area contributed by atoms with Gasteiger partial charge < -0.3 is 5.32 Å². The first kappa shape index (κ1) is 17.9. The van der Waals surface area contributed by atoms with Crippen molar-refractivity contribution in [3.05, 3.63) is 0 Å². The maximum atomic E-state index is 12.1. The number of alkyl halides is 1. The summed E-state index contributed by atoms with van der Waals surface area (Å²) < 4.78 is 0. The number of halogens is 1. The van der Waals surface area contributed by atoms with Crippen molar-refractivity contribution in [1.82, 2.24) is 5.32 Å². The van der Waals surface area contributed by atoms with Crippen LogP contribution in [0, 0.1) is 11.3 Å². The lowest BCUT2D eigenvalue weighted by molar-refractivity contribution is -0.125. The molecule has 0 rings (SSSR count). The van der Waals surface area contributed by atoms with Crippen molar-refractivity contribution in [2.75, 3.05) is 11.9 Å². The first-order valence-corrected chi connectivity index (χ1v) is 8.42. The third-order valence-corrected chi connectivity index (χ3v) is 3.93. The molecule has 0 radical (unpaired) electrons. The second kappa shape index (κ2) is 9.82. The molecule has 3 heteroatoms. The Bertz CT molecular complexity index is 223. The summed E-state index contributed by atoms with van der Waals surface area (Å²) in [7, 11) is 0. The molecule has 0 fully saturated rings. The highest BCUT2D eigenvalue weighted by Crippen LogP contribution is 2.22. The van der Waals surface area contributed by atoms with Crippen LogP contribution in [-0.4, -0.2) is 17.8 Å². The van der Waals surface area contributed by atoms with E-state index in [-0.39, 0.29) is 17.2 Å². The summed E-state index contributed by atoms with van der Waals surface area (Å²) in [6, 6.07) is 0. The standard InChI is InChI=1S/C15H30BrNO/c1-5-8-13(9-6-2)14(18)17-12-15(3,4)10-7-11-16/h13H,5-12H2,1-4H3,(H,17,18). The van der Waals surface area contributed by atoms with Crippen molar-refractivity contribution in [2.24, 2.45) is 11.3 Å². The minimum Gasteiger partial charge on any atom is -0.355 e. The van der Waals surface area contributed by atoms with E-state index in [2.05, 4.69) is 48.9 Å². The highest BCUT2D eigenvalue weighted by atomic mass is 79.9. The summed E-state index contributed by atoms with van der Waals surface area (Å²) in [5.41, 5.74) is 0.201. The van der Waals surface area contributed by atoms with Crippen LogP contribution >= 0.6 is 15.9 Å². The number of carbonyl (C=O) groups is 1. The van der Waals surface area contributed by atoms with E-state index in [1.807, 2.05) is 0 Å². The number of hydrogen-bond acceptors (Lipinski definition) is 1. The second-order valence-corrected chi connectivity index (χ2v) is 6.74. The zero-order chi connectivity index (χ0) is 14.0. The summed E-state index contributed by atoms with van der Waals surface area (Å²) in [6.07, 6.45) is 6.51. The molecule has 0 aliphatic carbocycles. The molecule has 0 aliphatic heterocycles. The van der Waals surface area contributed by atoms with Crippen molar-refractivity contribution in [3.8, 4) is 0 Å². The van der Waals surface area contributed by atoms with Crippen LogP contribution in [0.25, 0.3) is 0 Å². The molecule has 0 saturated carbocycles. The molecule has 0 aliphatic rings. The van der Waals surface area contributed by atoms with Crippen molar-refractivity contribution >= 4 is 21.8 Å². The monoisotopic (exact) mass is 319 g/mol. The highest BCUT2D eigenvalue weighted by Gasteiger charge is 2.21. The van der Waals surface area contributed by atoms with Crippen molar-refractivity contribution in [3.63, 3.8) is 0 Å². The zero-order valence-corrected chi connectivity index (χ0v) is 14.1. The van der Waals surface area contributed by atoms with Gasteiger partial charge in [0.25, 0.3) is 0 Å². The quantitative estimate of drug-likeness (QED) is 0.589. The molecule has 0 atom stereocenters. The fourth-order valence-corrected chi connectivity index (χ4v) is 2.49. The van der Waals surface area contributed by atoms with E-state index >= 15 is 0 Å². The van der Waals surface area contributed by atoms with Gasteiger partial charge in [-0.25, -0.2) is 0 Å². The van der Waals surface area contributed by atoms with Gasteiger partial charge in [0.05, 0.1) is 0 Å². The fourth-order valence-electron chi connectivity index (χ4n) is 2.21. The van der Waals surface area contributed by atoms with Crippen LogP contribution in [0.4, 0.5) is 0 Å². The van der Waals surface area contributed by atoms with E-state index in [0.717, 1.165) is 50.4 Å². The van der Waals surface area contributed by atoms with Crippen molar-refractivity contribution < 1.29 is 4.79 Å². The first-order valence-electron chi connectivity index (χ1n) is 7.30. The molecule has 108 valence electrons. The molecule has 0 aromatic carbocycles. The zero-order valence-electron chi connectivity index (χ0n) is 12.5. The minimum atomic E-state index is 0.201. The van der Waals surface area contributed by atoms with Crippen LogP contribution in [0.15, 0.2) is 0 Å². The van der Waals surface area contributed by atoms with Crippen LogP contribution in [-0.2, 0) is 4.79 Å². The van der Waals surface area contributed by atoms with Gasteiger partial charge in [-0.1, -0.05) is 56.5 Å². The second-order valence-electron chi connectivity index (χ2n) is 5.95. The topological polar surface area (TPSA) is 29.1 Å². The van der Waals surface area contributed by atoms with Gasteiger partial charge in [-0.15, -0.1) is 0 Å². The average molecular weight is 320 g/mol. The van der Waals surface area contributed by atoms with E-state index < -0.39 is 0 Å². The van der Waals surface area contributed by atoms with Gasteiger partial charge in [-0.2, -0.15) is 0 Å². The average Bonchev–Trinajstić information content (AvgIpc) is 2.33. The lowest BCUT2D eigenvalue weighted by atomic mass is 9.87. The predicted molar refractivity (Wildman–Crippen MR) is 83.1 cm³/mol. The van der Waals surface area contributed by atoms with E-state index in [9.17, 15) is 4.79 Å². The number of hydrogen-bond donors (Lipinski definition) is 1. The summed E-state index contributed by atoms with van der Waals surface area (Å²) >= 11 is 3.46. The van der Waals surface area contributed by atoms with Crippen LogP contribution in [0.5, 0.6) is 0 Å². The molecular formula is C15H30BrNO. The number of rotatable bonds is 10. The molecule has 0 heterocycles. The summed E-state index contributed by atoms with van der Waals surface area (Å²) in [5.74, 6) is 0.470. The lowest BCUT2D eigenvalue weighted by Gasteiger charge is -2.26. The van der Waals surface area contributed by atoms with E-state index in [4.69, 9.17) is 0 Å². The van der Waals surface area contributed by atoms with Gasteiger partial charge in [0.15, 0.2) is 0 Å². The van der Waals surface area contributed by atoms with Gasteiger partial charge in [-0.05, 0) is 31.1 Å². The fraction of sp³-hybridized carbons (Fsp3) is 0.933. The first-order chi connectivity index (χ1) is 8.46. The van der Waals surface area contributed by atoms with E-state index in [1.165, 1.54) is 0 Å². The Labute approximate surface area is 121 Å². The van der Waals surface area contributed by atoms with Gasteiger partial charge in [-0.3, -0.25) is 4.79 Å². The number of nitrogens with one attached hydrogen (secondary N) is 1. The molecule has 0 unspecified atom stereocenters.